The predicted octanol–water partition coefficient (Wildman–Crippen LogP) is 2.65. The number of hydrogen-bond acceptors (Lipinski definition) is 4. The fraction of sp³-hybridized carbons (Fsp3) is 0.267. The first-order valence-electron chi connectivity index (χ1n) is 6.02. The molecular formula is C15H16O4. The Balaban J connectivity index is 2.12. The number of esters is 1. The standard InChI is InChI=1S/C15H16O4/c1-10-5-3-4-6-11(10)9-12(16)13-7-8-14(19-13)15(17)18-2/h3-8,12,16H,9H2,1-2H3. The maximum atomic E-state index is 11.3. The first-order valence-corrected chi connectivity index (χ1v) is 6.02. The molecular weight excluding hydrogens is 244 g/mol. The summed E-state index contributed by atoms with van der Waals surface area (Å²) in [4.78, 5) is 11.3. The molecule has 4 heteroatoms. The summed E-state index contributed by atoms with van der Waals surface area (Å²) in [6.45, 7) is 1.99. The smallest absolute Gasteiger partial charge is 0.373 e. The molecule has 19 heavy (non-hydrogen) atoms. The van der Waals surface area contributed by atoms with Gasteiger partial charge < -0.3 is 14.3 Å². The second-order valence-electron chi connectivity index (χ2n) is 4.34. The van der Waals surface area contributed by atoms with E-state index >= 15 is 0 Å². The van der Waals surface area contributed by atoms with Crippen LogP contribution >= 0.6 is 0 Å². The first-order chi connectivity index (χ1) is 9.11. The third-order valence-corrected chi connectivity index (χ3v) is 3.02. The SMILES string of the molecule is COC(=O)c1ccc(C(O)Cc2ccccc2C)o1. The van der Waals surface area contributed by atoms with Crippen molar-refractivity contribution in [3.63, 3.8) is 0 Å². The number of aryl methyl sites for hydroxylation is 1. The number of carbonyl (C=O) groups is 1. The van der Waals surface area contributed by atoms with E-state index in [0.717, 1.165) is 11.1 Å². The highest BCUT2D eigenvalue weighted by Crippen LogP contribution is 2.22. The number of aliphatic hydroxyl groups is 1. The minimum Gasteiger partial charge on any atom is -0.463 e. The molecule has 1 N–H and O–H groups in total. The van der Waals surface area contributed by atoms with Crippen molar-refractivity contribution in [2.75, 3.05) is 7.11 Å². The molecule has 0 aliphatic heterocycles. The Labute approximate surface area is 111 Å². The molecule has 100 valence electrons. The fourth-order valence-electron chi connectivity index (χ4n) is 1.89. The van der Waals surface area contributed by atoms with Gasteiger partial charge in [-0.15, -0.1) is 0 Å². The molecule has 0 saturated carbocycles. The average Bonchev–Trinajstić information content (AvgIpc) is 2.90. The van der Waals surface area contributed by atoms with Crippen LogP contribution in [-0.2, 0) is 11.2 Å². The summed E-state index contributed by atoms with van der Waals surface area (Å²) in [7, 11) is 1.29. The van der Waals surface area contributed by atoms with E-state index in [4.69, 9.17) is 4.42 Å². The Hall–Kier alpha value is -2.07. The molecule has 1 unspecified atom stereocenters. The lowest BCUT2D eigenvalue weighted by Gasteiger charge is -2.10. The predicted molar refractivity (Wildman–Crippen MR) is 69.9 cm³/mol. The van der Waals surface area contributed by atoms with Crippen LogP contribution in [0.5, 0.6) is 0 Å². The molecule has 1 heterocycles. The van der Waals surface area contributed by atoms with Gasteiger partial charge in [0.1, 0.15) is 11.9 Å². The van der Waals surface area contributed by atoms with Gasteiger partial charge >= 0.3 is 5.97 Å². The van der Waals surface area contributed by atoms with Crippen molar-refractivity contribution in [1.29, 1.82) is 0 Å². The van der Waals surface area contributed by atoms with E-state index in [1.807, 2.05) is 31.2 Å². The number of furan rings is 1. The summed E-state index contributed by atoms with van der Waals surface area (Å²) in [5.74, 6) is -0.0840. The molecule has 2 rings (SSSR count). The number of aliphatic hydroxyl groups excluding tert-OH is 1. The van der Waals surface area contributed by atoms with E-state index in [1.54, 1.807) is 6.07 Å². The summed E-state index contributed by atoms with van der Waals surface area (Å²) in [6.07, 6.45) is -0.333. The lowest BCUT2D eigenvalue weighted by Crippen LogP contribution is -2.02. The van der Waals surface area contributed by atoms with E-state index in [-0.39, 0.29) is 5.76 Å². The van der Waals surface area contributed by atoms with Gasteiger partial charge in [-0.3, -0.25) is 0 Å². The van der Waals surface area contributed by atoms with Crippen molar-refractivity contribution in [2.45, 2.75) is 19.4 Å². The molecule has 0 amide bonds. The van der Waals surface area contributed by atoms with Gasteiger partial charge in [0.15, 0.2) is 0 Å². The second-order valence-corrected chi connectivity index (χ2v) is 4.34. The van der Waals surface area contributed by atoms with Crippen molar-refractivity contribution >= 4 is 5.97 Å². The number of benzene rings is 1. The van der Waals surface area contributed by atoms with E-state index in [1.165, 1.54) is 13.2 Å². The van der Waals surface area contributed by atoms with Gasteiger partial charge in [0, 0.05) is 6.42 Å². The molecule has 1 aromatic carbocycles. The normalized spacial score (nSPS) is 12.2. The molecule has 0 fully saturated rings. The fourth-order valence-corrected chi connectivity index (χ4v) is 1.89. The number of hydrogen-bond donors (Lipinski definition) is 1. The van der Waals surface area contributed by atoms with Crippen LogP contribution in [0.1, 0.15) is 33.5 Å². The zero-order valence-electron chi connectivity index (χ0n) is 10.9. The topological polar surface area (TPSA) is 59.7 Å². The molecule has 1 aromatic heterocycles. The third kappa shape index (κ3) is 3.03. The highest BCUT2D eigenvalue weighted by atomic mass is 16.5. The first kappa shape index (κ1) is 13.4. The zero-order valence-corrected chi connectivity index (χ0v) is 10.9. The van der Waals surface area contributed by atoms with E-state index < -0.39 is 12.1 Å². The van der Waals surface area contributed by atoms with E-state index in [9.17, 15) is 9.90 Å². The van der Waals surface area contributed by atoms with Crippen molar-refractivity contribution in [3.05, 3.63) is 59.0 Å². The molecule has 0 aliphatic rings. The van der Waals surface area contributed by atoms with Crippen molar-refractivity contribution in [3.8, 4) is 0 Å². The van der Waals surface area contributed by atoms with E-state index in [0.29, 0.717) is 12.2 Å². The number of carbonyl (C=O) groups excluding carboxylic acids is 1. The van der Waals surface area contributed by atoms with E-state index in [2.05, 4.69) is 4.74 Å². The highest BCUT2D eigenvalue weighted by molar-refractivity contribution is 5.86. The van der Waals surface area contributed by atoms with Crippen molar-refractivity contribution in [2.24, 2.45) is 0 Å². The lowest BCUT2D eigenvalue weighted by atomic mass is 10.0. The Morgan fingerprint density at radius 1 is 1.32 bits per heavy atom. The number of ether oxygens (including phenoxy) is 1. The highest BCUT2D eigenvalue weighted by Gasteiger charge is 2.17. The van der Waals surface area contributed by atoms with Gasteiger partial charge in [-0.1, -0.05) is 24.3 Å². The zero-order chi connectivity index (χ0) is 13.8. The number of rotatable bonds is 4. The molecule has 0 saturated heterocycles. The van der Waals surface area contributed by atoms with Crippen LogP contribution < -0.4 is 0 Å². The van der Waals surface area contributed by atoms with Gasteiger partial charge in [0.2, 0.25) is 5.76 Å². The van der Waals surface area contributed by atoms with Gasteiger partial charge in [0.05, 0.1) is 7.11 Å². The molecule has 0 radical (unpaired) electrons. The summed E-state index contributed by atoms with van der Waals surface area (Å²) in [6, 6.07) is 10.9. The molecule has 1 atom stereocenters. The Bertz CT molecular complexity index is 571. The summed E-state index contributed by atoms with van der Waals surface area (Å²) < 4.78 is 9.84. The van der Waals surface area contributed by atoms with Crippen LogP contribution in [0, 0.1) is 6.92 Å². The van der Waals surface area contributed by atoms with Crippen LogP contribution in [0.2, 0.25) is 0 Å². The van der Waals surface area contributed by atoms with Gasteiger partial charge in [-0.05, 0) is 30.2 Å². The molecule has 0 spiro atoms. The Morgan fingerprint density at radius 3 is 2.74 bits per heavy atom. The maximum Gasteiger partial charge on any atom is 0.373 e. The molecule has 4 nitrogen and oxygen atoms in total. The monoisotopic (exact) mass is 260 g/mol. The average molecular weight is 260 g/mol. The third-order valence-electron chi connectivity index (χ3n) is 3.02. The lowest BCUT2D eigenvalue weighted by molar-refractivity contribution is 0.0555. The van der Waals surface area contributed by atoms with Gasteiger partial charge in [-0.25, -0.2) is 4.79 Å². The van der Waals surface area contributed by atoms with Crippen LogP contribution in [0.25, 0.3) is 0 Å². The molecule has 2 aromatic rings. The Morgan fingerprint density at radius 2 is 2.05 bits per heavy atom. The van der Waals surface area contributed by atoms with Crippen LogP contribution in [0.4, 0.5) is 0 Å². The number of methoxy groups -OCH3 is 1. The minimum absolute atomic E-state index is 0.0985. The van der Waals surface area contributed by atoms with Gasteiger partial charge in [-0.2, -0.15) is 0 Å². The van der Waals surface area contributed by atoms with Crippen molar-refractivity contribution < 1.29 is 19.1 Å². The summed E-state index contributed by atoms with van der Waals surface area (Å²) in [5, 5.41) is 10.1. The Kier molecular flexibility index (Phi) is 4.02. The van der Waals surface area contributed by atoms with Crippen molar-refractivity contribution in [1.82, 2.24) is 0 Å². The quantitative estimate of drug-likeness (QED) is 0.858. The minimum atomic E-state index is -0.778. The second kappa shape index (κ2) is 5.71. The summed E-state index contributed by atoms with van der Waals surface area (Å²) in [5.41, 5.74) is 2.16. The molecule has 0 aliphatic carbocycles. The van der Waals surface area contributed by atoms with Gasteiger partial charge in [0.25, 0.3) is 0 Å². The summed E-state index contributed by atoms with van der Waals surface area (Å²) >= 11 is 0. The molecule has 0 bridgehead atoms. The van der Waals surface area contributed by atoms with Crippen LogP contribution in [0.3, 0.4) is 0 Å². The van der Waals surface area contributed by atoms with Crippen LogP contribution in [-0.4, -0.2) is 18.2 Å². The van der Waals surface area contributed by atoms with Crippen LogP contribution in [0.15, 0.2) is 40.8 Å². The largest absolute Gasteiger partial charge is 0.463 e. The maximum absolute atomic E-state index is 11.3.